The van der Waals surface area contributed by atoms with Gasteiger partial charge in [-0.15, -0.1) is 10.2 Å². The van der Waals surface area contributed by atoms with Crippen molar-refractivity contribution < 1.29 is 9.90 Å². The quantitative estimate of drug-likeness (QED) is 0.909. The van der Waals surface area contributed by atoms with Gasteiger partial charge in [-0.2, -0.15) is 0 Å². The van der Waals surface area contributed by atoms with Gasteiger partial charge in [0, 0.05) is 38.1 Å². The molecule has 0 unspecified atom stereocenters. The first kappa shape index (κ1) is 15.1. The molecule has 2 aliphatic heterocycles. The molecule has 4 rings (SSSR count). The molecular weight excluding hydrogens is 316 g/mol. The maximum atomic E-state index is 12.1. The highest BCUT2D eigenvalue weighted by molar-refractivity contribution is 6.29. The first-order valence-corrected chi connectivity index (χ1v) is 8.68. The van der Waals surface area contributed by atoms with Crippen LogP contribution < -0.4 is 4.90 Å². The summed E-state index contributed by atoms with van der Waals surface area (Å²) in [6, 6.07) is 4.11. The van der Waals surface area contributed by atoms with Gasteiger partial charge >= 0.3 is 5.97 Å². The van der Waals surface area contributed by atoms with Crippen molar-refractivity contribution in [1.82, 2.24) is 15.1 Å². The average molecular weight is 337 g/mol. The van der Waals surface area contributed by atoms with Gasteiger partial charge in [0.2, 0.25) is 0 Å². The molecule has 1 N–H and O–H groups in total. The zero-order valence-corrected chi connectivity index (χ0v) is 13.7. The fraction of sp³-hybridized carbons (Fsp3) is 0.688. The summed E-state index contributed by atoms with van der Waals surface area (Å²) in [6.45, 7) is 2.78. The van der Waals surface area contributed by atoms with Gasteiger partial charge in [-0.25, -0.2) is 0 Å². The van der Waals surface area contributed by atoms with Crippen molar-refractivity contribution in [2.45, 2.75) is 31.7 Å². The smallest absolute Gasteiger partial charge is 0.313 e. The van der Waals surface area contributed by atoms with E-state index in [0.717, 1.165) is 18.9 Å². The van der Waals surface area contributed by atoms with Crippen LogP contribution in [0, 0.1) is 11.3 Å². The number of carboxylic acid groups (broad SMARTS) is 1. The summed E-state index contributed by atoms with van der Waals surface area (Å²) in [5, 5.41) is 18.3. The monoisotopic (exact) mass is 336 g/mol. The second-order valence-corrected chi connectivity index (χ2v) is 7.51. The molecule has 0 aromatic carbocycles. The van der Waals surface area contributed by atoms with Gasteiger partial charge in [0.1, 0.15) is 5.41 Å². The Morgan fingerprint density at radius 3 is 2.61 bits per heavy atom. The molecule has 2 saturated heterocycles. The van der Waals surface area contributed by atoms with Crippen LogP contribution in [0.1, 0.15) is 25.7 Å². The third-order valence-electron chi connectivity index (χ3n) is 5.84. The molecule has 6 nitrogen and oxygen atoms in total. The Kier molecular flexibility index (Phi) is 3.69. The molecule has 0 bridgehead atoms. The third-order valence-corrected chi connectivity index (χ3v) is 6.05. The summed E-state index contributed by atoms with van der Waals surface area (Å²) in [6.07, 6.45) is 4.99. The summed E-state index contributed by atoms with van der Waals surface area (Å²) >= 11 is 5.79. The van der Waals surface area contributed by atoms with Crippen LogP contribution in [0.25, 0.3) is 0 Å². The minimum atomic E-state index is -0.677. The summed E-state index contributed by atoms with van der Waals surface area (Å²) in [7, 11) is 0. The zero-order valence-electron chi connectivity index (χ0n) is 13.0. The van der Waals surface area contributed by atoms with Crippen molar-refractivity contribution in [3.05, 3.63) is 17.3 Å². The number of likely N-dealkylation sites (tertiary alicyclic amines) is 1. The molecule has 0 radical (unpaired) electrons. The molecule has 3 aliphatic rings. The summed E-state index contributed by atoms with van der Waals surface area (Å²) in [4.78, 5) is 16.6. The van der Waals surface area contributed by atoms with Crippen LogP contribution in [0.2, 0.25) is 5.15 Å². The van der Waals surface area contributed by atoms with E-state index in [9.17, 15) is 9.90 Å². The van der Waals surface area contributed by atoms with Crippen LogP contribution in [0.4, 0.5) is 5.82 Å². The number of anilines is 1. The van der Waals surface area contributed by atoms with Crippen LogP contribution in [0.5, 0.6) is 0 Å². The SMILES string of the molecule is O=C(O)[C@@]12CN(c3ccc(Cl)nn3)C[C@@H]1CN(C1CCCC1)C2. The van der Waals surface area contributed by atoms with Gasteiger partial charge in [0.25, 0.3) is 0 Å². The number of nitrogens with zero attached hydrogens (tertiary/aromatic N) is 4. The van der Waals surface area contributed by atoms with Gasteiger partial charge in [0.05, 0.1) is 0 Å². The molecule has 3 fully saturated rings. The van der Waals surface area contributed by atoms with Gasteiger partial charge in [-0.05, 0) is 25.0 Å². The number of aromatic nitrogens is 2. The Bertz CT molecular complexity index is 605. The Morgan fingerprint density at radius 1 is 1.22 bits per heavy atom. The zero-order chi connectivity index (χ0) is 16.0. The van der Waals surface area contributed by atoms with E-state index in [1.807, 2.05) is 11.0 Å². The number of fused-ring (bicyclic) bond motifs is 1. The van der Waals surface area contributed by atoms with E-state index >= 15 is 0 Å². The van der Waals surface area contributed by atoms with Crippen molar-refractivity contribution in [1.29, 1.82) is 0 Å². The maximum Gasteiger partial charge on any atom is 0.313 e. The average Bonchev–Trinajstić information content (AvgIpc) is 3.21. The van der Waals surface area contributed by atoms with Crippen molar-refractivity contribution in [3.8, 4) is 0 Å². The molecule has 0 amide bonds. The Morgan fingerprint density at radius 2 is 2.00 bits per heavy atom. The molecule has 1 saturated carbocycles. The summed E-state index contributed by atoms with van der Waals surface area (Å²) in [5.74, 6) is 0.197. The Balaban J connectivity index is 1.55. The Labute approximate surface area is 140 Å². The predicted octanol–water partition coefficient (Wildman–Crippen LogP) is 1.90. The van der Waals surface area contributed by atoms with Crippen molar-refractivity contribution >= 4 is 23.4 Å². The minimum absolute atomic E-state index is 0.151. The number of aliphatic carboxylic acids is 1. The summed E-state index contributed by atoms with van der Waals surface area (Å²) < 4.78 is 0. The molecule has 1 aromatic rings. The van der Waals surface area contributed by atoms with Crippen molar-refractivity contribution in [2.24, 2.45) is 11.3 Å². The summed E-state index contributed by atoms with van der Waals surface area (Å²) in [5.41, 5.74) is -0.677. The van der Waals surface area contributed by atoms with Gasteiger partial charge in [0.15, 0.2) is 11.0 Å². The second-order valence-electron chi connectivity index (χ2n) is 7.12. The van der Waals surface area contributed by atoms with Crippen LogP contribution in [0.3, 0.4) is 0 Å². The first-order valence-electron chi connectivity index (χ1n) is 8.30. The Hall–Kier alpha value is -1.40. The highest BCUT2D eigenvalue weighted by Crippen LogP contribution is 2.45. The fourth-order valence-corrected chi connectivity index (χ4v) is 4.71. The number of carbonyl (C=O) groups is 1. The van der Waals surface area contributed by atoms with Crippen LogP contribution in [-0.4, -0.2) is 58.4 Å². The molecule has 1 aromatic heterocycles. The van der Waals surface area contributed by atoms with Gasteiger partial charge < -0.3 is 10.0 Å². The molecule has 2 atom stereocenters. The lowest BCUT2D eigenvalue weighted by Crippen LogP contribution is -2.42. The molecule has 3 heterocycles. The first-order chi connectivity index (χ1) is 11.1. The number of halogens is 1. The van der Waals surface area contributed by atoms with E-state index in [2.05, 4.69) is 15.1 Å². The molecule has 124 valence electrons. The van der Waals surface area contributed by atoms with E-state index in [-0.39, 0.29) is 5.92 Å². The van der Waals surface area contributed by atoms with Crippen molar-refractivity contribution in [3.63, 3.8) is 0 Å². The minimum Gasteiger partial charge on any atom is -0.481 e. The highest BCUT2D eigenvalue weighted by Gasteiger charge is 2.58. The van der Waals surface area contributed by atoms with Gasteiger partial charge in [-0.1, -0.05) is 24.4 Å². The fourth-order valence-electron chi connectivity index (χ4n) is 4.61. The van der Waals surface area contributed by atoms with Crippen LogP contribution in [0.15, 0.2) is 12.1 Å². The predicted molar refractivity (Wildman–Crippen MR) is 86.6 cm³/mol. The normalized spacial score (nSPS) is 31.7. The number of rotatable bonds is 3. The van der Waals surface area contributed by atoms with E-state index < -0.39 is 11.4 Å². The number of hydrogen-bond acceptors (Lipinski definition) is 5. The van der Waals surface area contributed by atoms with E-state index in [0.29, 0.717) is 24.3 Å². The topological polar surface area (TPSA) is 69.6 Å². The maximum absolute atomic E-state index is 12.1. The largest absolute Gasteiger partial charge is 0.481 e. The lowest BCUT2D eigenvalue weighted by Gasteiger charge is -2.28. The molecular formula is C16H21ClN4O2. The van der Waals surface area contributed by atoms with Gasteiger partial charge in [-0.3, -0.25) is 9.69 Å². The number of carboxylic acids is 1. The molecule has 23 heavy (non-hydrogen) atoms. The second kappa shape index (κ2) is 5.60. The molecule has 0 spiro atoms. The van der Waals surface area contributed by atoms with Crippen LogP contribution in [-0.2, 0) is 4.79 Å². The highest BCUT2D eigenvalue weighted by atomic mass is 35.5. The van der Waals surface area contributed by atoms with E-state index in [1.165, 1.54) is 25.7 Å². The van der Waals surface area contributed by atoms with Crippen molar-refractivity contribution in [2.75, 3.05) is 31.1 Å². The lowest BCUT2D eigenvalue weighted by atomic mass is 9.81. The lowest BCUT2D eigenvalue weighted by molar-refractivity contribution is -0.148. The van der Waals surface area contributed by atoms with E-state index in [4.69, 9.17) is 11.6 Å². The third kappa shape index (κ3) is 2.48. The molecule has 7 heteroatoms. The molecule has 1 aliphatic carbocycles. The van der Waals surface area contributed by atoms with E-state index in [1.54, 1.807) is 6.07 Å². The number of hydrogen-bond donors (Lipinski definition) is 1. The van der Waals surface area contributed by atoms with Crippen LogP contribution >= 0.6 is 11.6 Å². The standard InChI is InChI=1S/C16H21ClN4O2/c17-13-5-6-14(19-18-13)21-8-11-7-20(12-3-1-2-4-12)9-16(11,10-21)15(22)23/h5-6,11-12H,1-4,7-10H2,(H,22,23)/t11-,16-/m0/s1.